The summed E-state index contributed by atoms with van der Waals surface area (Å²) in [6.45, 7) is 3.64. The van der Waals surface area contributed by atoms with Crippen LogP contribution in [0.3, 0.4) is 0 Å². The van der Waals surface area contributed by atoms with E-state index >= 15 is 0 Å². The van der Waals surface area contributed by atoms with Gasteiger partial charge >= 0.3 is 63.7 Å². The number of carbonyl (C=O) groups is 6. The van der Waals surface area contributed by atoms with E-state index < -0.39 is 150 Å². The molecule has 0 spiro atoms. The largest absolute Gasteiger partial charge is 0.464 e. The molecule has 0 saturated carbocycles. The lowest BCUT2D eigenvalue weighted by atomic mass is 9.95. The van der Waals surface area contributed by atoms with Gasteiger partial charge in [-0.2, -0.15) is 57.2 Å². The fraction of sp³-hybridized carbons (Fsp3) is 0.515. The quantitative estimate of drug-likeness (QED) is 0.0166. The van der Waals surface area contributed by atoms with E-state index in [-0.39, 0.29) is 85.8 Å². The Labute approximate surface area is 612 Å². The van der Waals surface area contributed by atoms with Crippen LogP contribution in [0.25, 0.3) is 11.0 Å². The molecule has 0 aliphatic carbocycles. The van der Waals surface area contributed by atoms with Gasteiger partial charge in [0.05, 0.1) is 37.7 Å². The van der Waals surface area contributed by atoms with Gasteiger partial charge in [0.25, 0.3) is 0 Å². The number of halogens is 6. The number of nitriles is 2. The Hall–Kier alpha value is -9.60. The number of benzene rings is 2. The van der Waals surface area contributed by atoms with Crippen LogP contribution < -0.4 is 30.7 Å². The SMILES string of the molecule is CC(=O)O[C@H]1[C@H](c2ccc3c(N)ncnn23)O[C@](C#N)(CO[P@@](=O)(N[C@@H](C)C(=O)OCC2CCN(CC(F)(F)F)CC2)Oc2ccccc2)[C@H]1OC(C)=O.CC(=O)O[C@H]1[C@H](c2ccc3c(N)ncnn23)O[C@](C#N)(CO[P@](=O)(N[C@@H](C)C(=O)OCC2CCN(CC(F)(F)F)CC2)Oc2ccccc2)[C@H]1OC(C)=O. The molecule has 4 aliphatic heterocycles. The van der Waals surface area contributed by atoms with Crippen molar-refractivity contribution in [3.8, 4) is 23.6 Å². The smallest absolute Gasteiger partial charge is 0.459 e. The third kappa shape index (κ3) is 21.4. The van der Waals surface area contributed by atoms with Crippen LogP contribution in [0.15, 0.2) is 97.6 Å². The Bertz CT molecular complexity index is 4080. The second-order valence-electron chi connectivity index (χ2n) is 25.7. The minimum absolute atomic E-state index is 0.0435. The predicted octanol–water partition coefficient (Wildman–Crippen LogP) is 7.02. The Morgan fingerprint density at radius 3 is 1.22 bits per heavy atom. The topological polar surface area (TPSA) is 438 Å². The number of likely N-dealkylation sites (tertiary alicyclic amines) is 2. The summed E-state index contributed by atoms with van der Waals surface area (Å²) in [4.78, 5) is 86.1. The zero-order chi connectivity index (χ0) is 78.5. The lowest BCUT2D eigenvalue weighted by molar-refractivity contribution is -0.166. The minimum atomic E-state index is -4.66. The summed E-state index contributed by atoms with van der Waals surface area (Å²) >= 11 is 0. The third-order valence-corrected chi connectivity index (χ3v) is 20.6. The highest BCUT2D eigenvalue weighted by atomic mass is 31.2. The van der Waals surface area contributed by atoms with E-state index in [2.05, 4.69) is 30.3 Å². The number of hydrogen-bond donors (Lipinski definition) is 4. The number of hydrogen-bond acceptors (Lipinski definition) is 30. The Morgan fingerprint density at radius 2 is 0.907 bits per heavy atom. The molecule has 0 amide bonds. The number of nitrogens with zero attached hydrogens (tertiary/aromatic N) is 10. The normalized spacial score (nSPS) is 23.9. The van der Waals surface area contributed by atoms with Gasteiger partial charge in [-0.25, -0.2) is 28.1 Å². The summed E-state index contributed by atoms with van der Waals surface area (Å²) in [7, 11) is -9.33. The van der Waals surface area contributed by atoms with Gasteiger partial charge in [-0.15, -0.1) is 0 Å². The van der Waals surface area contributed by atoms with E-state index in [1.807, 2.05) is 12.1 Å². The van der Waals surface area contributed by atoms with Crippen molar-refractivity contribution in [3.05, 3.63) is 109 Å². The van der Waals surface area contributed by atoms with Crippen LogP contribution in [0, 0.1) is 34.5 Å². The first kappa shape index (κ1) is 82.5. The van der Waals surface area contributed by atoms with Gasteiger partial charge in [0.2, 0.25) is 11.2 Å². The van der Waals surface area contributed by atoms with Crippen molar-refractivity contribution in [2.75, 3.05) is 77.2 Å². The van der Waals surface area contributed by atoms with Crippen LogP contribution >= 0.6 is 15.5 Å². The van der Waals surface area contributed by atoms with Crippen LogP contribution in [-0.2, 0) is 84.8 Å². The highest BCUT2D eigenvalue weighted by molar-refractivity contribution is 7.52. The Morgan fingerprint density at radius 1 is 0.565 bits per heavy atom. The molecule has 0 unspecified atom stereocenters. The number of nitrogen functional groups attached to an aromatic ring is 2. The molecular formula is C66H78F6N14O20P2. The number of fused-ring (bicyclic) bond motifs is 2. The van der Waals surface area contributed by atoms with Gasteiger partial charge in [0, 0.05) is 27.7 Å². The monoisotopic (exact) mass is 1560 g/mol. The van der Waals surface area contributed by atoms with Crippen molar-refractivity contribution in [2.45, 2.75) is 139 Å². The van der Waals surface area contributed by atoms with Crippen molar-refractivity contribution in [1.82, 2.24) is 49.2 Å². The summed E-state index contributed by atoms with van der Waals surface area (Å²) in [5.41, 5.74) is 8.54. The number of nitrogens with two attached hydrogens (primary N) is 2. The maximum atomic E-state index is 14.4. The lowest BCUT2D eigenvalue weighted by Crippen LogP contribution is -2.49. The molecule has 2 aromatic carbocycles. The summed E-state index contributed by atoms with van der Waals surface area (Å²) in [6.07, 6.45) is -13.7. The van der Waals surface area contributed by atoms with Crippen LogP contribution in [0.2, 0.25) is 0 Å². The van der Waals surface area contributed by atoms with Crippen molar-refractivity contribution in [3.63, 3.8) is 0 Å². The highest BCUT2D eigenvalue weighted by Gasteiger charge is 2.64. The zero-order valence-electron chi connectivity index (χ0n) is 58.9. The van der Waals surface area contributed by atoms with E-state index in [1.165, 1.54) is 81.7 Å². The molecule has 6 N–H and O–H groups in total. The molecule has 8 heterocycles. The molecule has 42 heteroatoms. The number of carbonyl (C=O) groups excluding carboxylic acids is 6. The van der Waals surface area contributed by atoms with Gasteiger partial charge < -0.3 is 58.4 Å². The van der Waals surface area contributed by atoms with Gasteiger partial charge in [-0.05, 0) is 126 Å². The number of para-hydroxylation sites is 2. The number of piperidine rings is 2. The average Bonchev–Trinajstić information content (AvgIpc) is 1.68. The highest BCUT2D eigenvalue weighted by Crippen LogP contribution is 2.52. The molecule has 4 fully saturated rings. The first-order chi connectivity index (χ1) is 51.0. The lowest BCUT2D eigenvalue weighted by Gasteiger charge is -2.32. The average molecular weight is 1560 g/mol. The molecule has 0 radical (unpaired) electrons. The molecule has 34 nitrogen and oxygen atoms in total. The first-order valence-corrected chi connectivity index (χ1v) is 36.6. The number of alkyl halides is 6. The summed E-state index contributed by atoms with van der Waals surface area (Å²) in [5, 5.41) is 34.6. The zero-order valence-corrected chi connectivity index (χ0v) is 60.7. The molecule has 6 aromatic rings. The first-order valence-electron chi connectivity index (χ1n) is 33.5. The number of anilines is 2. The summed E-state index contributed by atoms with van der Waals surface area (Å²) < 4.78 is 177. The Balaban J connectivity index is 0.000000249. The summed E-state index contributed by atoms with van der Waals surface area (Å²) in [6, 6.07) is 22.8. The molecule has 108 heavy (non-hydrogen) atoms. The second-order valence-corrected chi connectivity index (χ2v) is 29.1. The van der Waals surface area contributed by atoms with E-state index in [0.717, 1.165) is 27.7 Å². The fourth-order valence-electron chi connectivity index (χ4n) is 12.3. The molecule has 584 valence electrons. The fourth-order valence-corrected chi connectivity index (χ4v) is 15.4. The van der Waals surface area contributed by atoms with Crippen molar-refractivity contribution in [1.29, 1.82) is 10.5 Å². The van der Waals surface area contributed by atoms with Gasteiger partial charge in [-0.1, -0.05) is 36.4 Å². The molecule has 0 bridgehead atoms. The number of rotatable bonds is 28. The van der Waals surface area contributed by atoms with Crippen molar-refractivity contribution in [2.24, 2.45) is 11.8 Å². The van der Waals surface area contributed by atoms with Gasteiger partial charge in [0.15, 0.2) is 36.1 Å². The van der Waals surface area contributed by atoms with Gasteiger partial charge in [0.1, 0.15) is 84.8 Å². The van der Waals surface area contributed by atoms with Crippen LogP contribution in [-0.4, -0.2) is 201 Å². The van der Waals surface area contributed by atoms with Gasteiger partial charge in [-0.3, -0.25) is 47.6 Å². The molecular weight excluding hydrogens is 1480 g/mol. The number of nitrogens with one attached hydrogen (secondary N) is 2. The van der Waals surface area contributed by atoms with E-state index in [4.69, 9.17) is 67.5 Å². The molecule has 12 atom stereocenters. The maximum Gasteiger partial charge on any atom is 0.459 e. The third-order valence-electron chi connectivity index (χ3n) is 17.3. The molecule has 4 aliphatic rings. The number of aromatic nitrogens is 6. The molecule has 10 rings (SSSR count). The number of ether oxygens (including phenoxy) is 8. The van der Waals surface area contributed by atoms with E-state index in [0.29, 0.717) is 36.7 Å². The van der Waals surface area contributed by atoms with Crippen LogP contribution in [0.4, 0.5) is 38.0 Å². The van der Waals surface area contributed by atoms with Crippen molar-refractivity contribution >= 4 is 74.0 Å². The maximum absolute atomic E-state index is 14.4. The number of esters is 6. The second kappa shape index (κ2) is 35.2. The van der Waals surface area contributed by atoms with Crippen LogP contribution in [0.1, 0.15) is 90.8 Å². The van der Waals surface area contributed by atoms with E-state index in [9.17, 15) is 74.8 Å². The standard InChI is InChI=1S/2C33H39F3N7O10P/c2*1-20(31(46)48-15-23-11-13-42(14-12-23)17-33(34,35)36)41-54(47,53-24-7-5-4-6-8-24)49-18-32(16-37)29(51-22(3)45)28(50-21(2)44)27(52-32)25-9-10-26-30(38)39-19-40-43(25)26/h2*4-10,19-20,23,27-29H,11-15,17-18H2,1-3H3,(H,41,47)(H2,38,39,40)/t20-,27-,28-,29-,32+,54+;20-,27-,28-,29-,32+,54-/m00/s1. The Kier molecular flexibility index (Phi) is 26.9. The van der Waals surface area contributed by atoms with Crippen LogP contribution in [0.5, 0.6) is 11.5 Å². The molecule has 4 saturated heterocycles. The van der Waals surface area contributed by atoms with E-state index in [1.54, 1.807) is 48.5 Å². The van der Waals surface area contributed by atoms with Crippen molar-refractivity contribution < 1.29 is 120 Å². The minimum Gasteiger partial charge on any atom is -0.464 e. The summed E-state index contributed by atoms with van der Waals surface area (Å²) in [5.74, 6) is -5.20. The predicted molar refractivity (Wildman–Crippen MR) is 360 cm³/mol. The molecule has 4 aromatic heterocycles.